The summed E-state index contributed by atoms with van der Waals surface area (Å²) < 4.78 is 2.11. The Morgan fingerprint density at radius 2 is 1.59 bits per heavy atom. The van der Waals surface area contributed by atoms with Crippen molar-refractivity contribution in [1.82, 2.24) is 9.55 Å². The number of rotatable bonds is 3. The van der Waals surface area contributed by atoms with Gasteiger partial charge in [0.25, 0.3) is 5.91 Å². The number of carbonyl (C=O) groups is 1. The molecule has 29 heavy (non-hydrogen) atoms. The van der Waals surface area contributed by atoms with Crippen LogP contribution < -0.4 is 10.6 Å². The topological polar surface area (TPSA) is 59.0 Å². The van der Waals surface area contributed by atoms with Gasteiger partial charge in [0.05, 0.1) is 22.6 Å². The highest BCUT2D eigenvalue weighted by Crippen LogP contribution is 2.39. The summed E-state index contributed by atoms with van der Waals surface area (Å²) in [5.41, 5.74) is 5.17. The number of imidazole rings is 1. The van der Waals surface area contributed by atoms with Crippen LogP contribution in [0.4, 0.5) is 11.6 Å². The summed E-state index contributed by atoms with van der Waals surface area (Å²) in [6, 6.07) is 27.3. The van der Waals surface area contributed by atoms with Gasteiger partial charge in [-0.05, 0) is 36.8 Å². The van der Waals surface area contributed by atoms with E-state index in [9.17, 15) is 4.79 Å². The van der Waals surface area contributed by atoms with Crippen molar-refractivity contribution in [2.24, 2.45) is 0 Å². The van der Waals surface area contributed by atoms with Crippen LogP contribution in [0.1, 0.15) is 18.5 Å². The zero-order valence-electron chi connectivity index (χ0n) is 16.0. The molecule has 0 saturated carbocycles. The van der Waals surface area contributed by atoms with Crippen molar-refractivity contribution in [3.8, 4) is 0 Å². The Bertz CT molecular complexity index is 1230. The molecule has 4 aromatic rings. The smallest absolute Gasteiger partial charge is 0.255 e. The Kier molecular flexibility index (Phi) is 4.13. The van der Waals surface area contributed by atoms with E-state index in [2.05, 4.69) is 27.3 Å². The Labute approximate surface area is 168 Å². The van der Waals surface area contributed by atoms with E-state index in [0.29, 0.717) is 5.57 Å². The highest BCUT2D eigenvalue weighted by Gasteiger charge is 2.33. The van der Waals surface area contributed by atoms with E-state index < -0.39 is 0 Å². The third-order valence-electron chi connectivity index (χ3n) is 5.22. The van der Waals surface area contributed by atoms with Crippen molar-refractivity contribution in [2.45, 2.75) is 13.0 Å². The predicted molar refractivity (Wildman–Crippen MR) is 116 cm³/mol. The van der Waals surface area contributed by atoms with E-state index >= 15 is 0 Å². The third kappa shape index (κ3) is 2.97. The van der Waals surface area contributed by atoms with Gasteiger partial charge in [-0.2, -0.15) is 0 Å². The van der Waals surface area contributed by atoms with Crippen LogP contribution in [0.5, 0.6) is 0 Å². The molecule has 2 N–H and O–H groups in total. The quantitative estimate of drug-likeness (QED) is 0.528. The molecule has 142 valence electrons. The molecular weight excluding hydrogens is 360 g/mol. The Hall–Kier alpha value is -3.86. The SMILES string of the molecule is CC1=C(C(=O)Nc2ccccc2)[C@H](c2ccccc2)n2c(nc3ccccc32)N1. The van der Waals surface area contributed by atoms with Gasteiger partial charge in [0, 0.05) is 11.4 Å². The summed E-state index contributed by atoms with van der Waals surface area (Å²) in [6.07, 6.45) is 0. The number of benzene rings is 3. The second kappa shape index (κ2) is 6.95. The zero-order chi connectivity index (χ0) is 19.8. The minimum Gasteiger partial charge on any atom is -0.329 e. The largest absolute Gasteiger partial charge is 0.329 e. The molecule has 1 aromatic heterocycles. The number of fused-ring (bicyclic) bond motifs is 3. The first kappa shape index (κ1) is 17.3. The van der Waals surface area contributed by atoms with Gasteiger partial charge in [0.2, 0.25) is 5.95 Å². The fourth-order valence-corrected chi connectivity index (χ4v) is 3.93. The standard InChI is InChI=1S/C24H20N4O/c1-16-21(23(29)26-18-12-6-3-7-13-18)22(17-10-4-2-5-11-17)28-20-15-9-8-14-19(20)27-24(28)25-16/h2-15,22H,1H3,(H,25,27)(H,26,29)/t22-/m0/s1. The van der Waals surface area contributed by atoms with E-state index in [-0.39, 0.29) is 11.9 Å². The number of anilines is 2. The van der Waals surface area contributed by atoms with Gasteiger partial charge in [0.1, 0.15) is 0 Å². The highest BCUT2D eigenvalue weighted by atomic mass is 16.1. The number of hydrogen-bond acceptors (Lipinski definition) is 3. The first-order chi connectivity index (χ1) is 14.2. The number of amides is 1. The van der Waals surface area contributed by atoms with Crippen LogP contribution in [0, 0.1) is 0 Å². The van der Waals surface area contributed by atoms with Crippen molar-refractivity contribution in [1.29, 1.82) is 0 Å². The van der Waals surface area contributed by atoms with Crippen LogP contribution in [0.15, 0.2) is 96.2 Å². The minimum atomic E-state index is -0.274. The van der Waals surface area contributed by atoms with Crippen LogP contribution in [-0.2, 0) is 4.79 Å². The molecule has 0 radical (unpaired) electrons. The molecule has 0 saturated heterocycles. The molecule has 2 heterocycles. The summed E-state index contributed by atoms with van der Waals surface area (Å²) in [6.45, 7) is 1.93. The monoisotopic (exact) mass is 380 g/mol. The van der Waals surface area contributed by atoms with Gasteiger partial charge in [-0.25, -0.2) is 4.98 Å². The predicted octanol–water partition coefficient (Wildman–Crippen LogP) is 4.96. The van der Waals surface area contributed by atoms with Crippen molar-refractivity contribution >= 4 is 28.6 Å². The molecule has 0 spiro atoms. The van der Waals surface area contributed by atoms with Crippen molar-refractivity contribution in [3.05, 3.63) is 102 Å². The summed E-state index contributed by atoms with van der Waals surface area (Å²) in [7, 11) is 0. The number of nitrogens with one attached hydrogen (secondary N) is 2. The van der Waals surface area contributed by atoms with Gasteiger partial charge in [-0.1, -0.05) is 60.7 Å². The second-order valence-electron chi connectivity index (χ2n) is 7.09. The first-order valence-electron chi connectivity index (χ1n) is 9.58. The molecule has 5 nitrogen and oxygen atoms in total. The summed E-state index contributed by atoms with van der Waals surface area (Å²) in [4.78, 5) is 18.1. The van der Waals surface area contributed by atoms with Gasteiger partial charge < -0.3 is 10.6 Å². The number of para-hydroxylation sites is 3. The molecule has 0 bridgehead atoms. The van der Waals surface area contributed by atoms with Crippen LogP contribution >= 0.6 is 0 Å². The van der Waals surface area contributed by atoms with Crippen molar-refractivity contribution < 1.29 is 4.79 Å². The average molecular weight is 380 g/mol. The lowest BCUT2D eigenvalue weighted by Gasteiger charge is -2.30. The fourth-order valence-electron chi connectivity index (χ4n) is 3.93. The molecule has 1 aliphatic rings. The van der Waals surface area contributed by atoms with Gasteiger partial charge >= 0.3 is 0 Å². The number of hydrogen-bond donors (Lipinski definition) is 2. The number of allylic oxidation sites excluding steroid dienone is 1. The normalized spacial score (nSPS) is 15.7. The molecule has 1 amide bonds. The molecular formula is C24H20N4O. The molecule has 5 heteroatoms. The molecule has 1 atom stereocenters. The Morgan fingerprint density at radius 3 is 2.34 bits per heavy atom. The van der Waals surface area contributed by atoms with Crippen LogP contribution in [-0.4, -0.2) is 15.5 Å². The average Bonchev–Trinajstić information content (AvgIpc) is 3.12. The highest BCUT2D eigenvalue weighted by molar-refractivity contribution is 6.06. The number of carbonyl (C=O) groups excluding carboxylic acids is 1. The molecule has 3 aromatic carbocycles. The van der Waals surface area contributed by atoms with Crippen molar-refractivity contribution in [2.75, 3.05) is 10.6 Å². The van der Waals surface area contributed by atoms with Gasteiger partial charge in [0.15, 0.2) is 0 Å². The summed E-state index contributed by atoms with van der Waals surface area (Å²) in [5, 5.41) is 6.38. The zero-order valence-corrected chi connectivity index (χ0v) is 16.0. The lowest BCUT2D eigenvalue weighted by atomic mass is 9.94. The van der Waals surface area contributed by atoms with Gasteiger partial charge in [-0.15, -0.1) is 0 Å². The van der Waals surface area contributed by atoms with Gasteiger partial charge in [-0.3, -0.25) is 9.36 Å². The van der Waals surface area contributed by atoms with Crippen molar-refractivity contribution in [3.63, 3.8) is 0 Å². The number of nitrogens with zero attached hydrogens (tertiary/aromatic N) is 2. The molecule has 0 aliphatic carbocycles. The van der Waals surface area contributed by atoms with E-state index in [1.807, 2.05) is 79.7 Å². The Balaban J connectivity index is 1.67. The molecule has 5 rings (SSSR count). The minimum absolute atomic E-state index is 0.126. The van der Waals surface area contributed by atoms with E-state index in [0.717, 1.165) is 33.9 Å². The lowest BCUT2D eigenvalue weighted by Crippen LogP contribution is -2.30. The molecule has 0 unspecified atom stereocenters. The molecule has 1 aliphatic heterocycles. The lowest BCUT2D eigenvalue weighted by molar-refractivity contribution is -0.113. The summed E-state index contributed by atoms with van der Waals surface area (Å²) >= 11 is 0. The first-order valence-corrected chi connectivity index (χ1v) is 9.58. The maximum Gasteiger partial charge on any atom is 0.255 e. The number of aromatic nitrogens is 2. The van der Waals surface area contributed by atoms with Crippen LogP contribution in [0.3, 0.4) is 0 Å². The fraction of sp³-hybridized carbons (Fsp3) is 0.0833. The van der Waals surface area contributed by atoms with Crippen LogP contribution in [0.25, 0.3) is 11.0 Å². The van der Waals surface area contributed by atoms with E-state index in [1.165, 1.54) is 0 Å². The summed E-state index contributed by atoms with van der Waals surface area (Å²) in [5.74, 6) is 0.618. The maximum absolute atomic E-state index is 13.4. The van der Waals surface area contributed by atoms with E-state index in [1.54, 1.807) is 0 Å². The van der Waals surface area contributed by atoms with Crippen LogP contribution in [0.2, 0.25) is 0 Å². The Morgan fingerprint density at radius 1 is 0.931 bits per heavy atom. The molecule has 0 fully saturated rings. The third-order valence-corrected chi connectivity index (χ3v) is 5.22. The second-order valence-corrected chi connectivity index (χ2v) is 7.09. The van der Waals surface area contributed by atoms with E-state index in [4.69, 9.17) is 4.98 Å². The maximum atomic E-state index is 13.4.